The summed E-state index contributed by atoms with van der Waals surface area (Å²) >= 11 is 0. The number of hydrogen-bond acceptors (Lipinski definition) is 4. The van der Waals surface area contributed by atoms with Crippen molar-refractivity contribution in [1.29, 1.82) is 0 Å². The van der Waals surface area contributed by atoms with Gasteiger partial charge in [0.05, 0.1) is 12.6 Å². The van der Waals surface area contributed by atoms with E-state index >= 15 is 0 Å². The van der Waals surface area contributed by atoms with Gasteiger partial charge in [-0.2, -0.15) is 0 Å². The molecule has 0 aliphatic carbocycles. The highest BCUT2D eigenvalue weighted by atomic mass is 19.1. The van der Waals surface area contributed by atoms with E-state index in [0.29, 0.717) is 18.7 Å². The number of aliphatic hydroxyl groups is 2. The number of fused-ring (bicyclic) bond motifs is 1. The van der Waals surface area contributed by atoms with Crippen LogP contribution < -0.4 is 9.64 Å². The van der Waals surface area contributed by atoms with Crippen LogP contribution in [0.1, 0.15) is 22.7 Å². The molecule has 1 aliphatic rings. The summed E-state index contributed by atoms with van der Waals surface area (Å²) in [5.74, 6) is 0.432. The van der Waals surface area contributed by atoms with Crippen LogP contribution in [0.5, 0.6) is 5.75 Å². The number of nitrogens with zero attached hydrogens (tertiary/aromatic N) is 1. The molecule has 2 atom stereocenters. The molecule has 4 rings (SSSR count). The van der Waals surface area contributed by atoms with Gasteiger partial charge in [-0.25, -0.2) is 4.39 Å². The number of hydrogen-bond donors (Lipinski definition) is 2. The molecule has 0 bridgehead atoms. The molecule has 0 saturated heterocycles. The highest BCUT2D eigenvalue weighted by Gasteiger charge is 2.32. The van der Waals surface area contributed by atoms with Crippen molar-refractivity contribution in [3.63, 3.8) is 0 Å². The number of rotatable bonds is 7. The van der Waals surface area contributed by atoms with Gasteiger partial charge in [-0.1, -0.05) is 42.5 Å². The maximum absolute atomic E-state index is 13.8. The zero-order valence-corrected chi connectivity index (χ0v) is 16.0. The second kappa shape index (κ2) is 8.64. The summed E-state index contributed by atoms with van der Waals surface area (Å²) in [6.45, 7) is 0.777. The third kappa shape index (κ3) is 4.26. The summed E-state index contributed by atoms with van der Waals surface area (Å²) in [6.07, 6.45) is -0.223. The van der Waals surface area contributed by atoms with E-state index in [-0.39, 0.29) is 5.82 Å². The molecule has 2 N–H and O–H groups in total. The second-order valence-corrected chi connectivity index (χ2v) is 7.26. The Bertz CT molecular complexity index is 963. The predicted octanol–water partition coefficient (Wildman–Crippen LogP) is 3.86. The van der Waals surface area contributed by atoms with E-state index < -0.39 is 18.8 Å². The van der Waals surface area contributed by atoms with Crippen LogP contribution in [0.15, 0.2) is 72.8 Å². The lowest BCUT2D eigenvalue weighted by Crippen LogP contribution is -2.37. The molecule has 4 nitrogen and oxygen atoms in total. The molecule has 0 fully saturated rings. The Kier molecular flexibility index (Phi) is 5.79. The first-order valence-corrected chi connectivity index (χ1v) is 9.76. The van der Waals surface area contributed by atoms with Gasteiger partial charge in [0.2, 0.25) is 0 Å². The van der Waals surface area contributed by atoms with Gasteiger partial charge in [0.25, 0.3) is 0 Å². The molecule has 150 valence electrons. The van der Waals surface area contributed by atoms with Crippen molar-refractivity contribution in [2.75, 3.05) is 18.1 Å². The van der Waals surface area contributed by atoms with E-state index in [0.717, 1.165) is 29.0 Å². The Hall–Kier alpha value is -2.89. The number of ether oxygens (including phenoxy) is 1. The van der Waals surface area contributed by atoms with Crippen molar-refractivity contribution >= 4 is 5.69 Å². The first kappa shape index (κ1) is 19.4. The van der Waals surface area contributed by atoms with Gasteiger partial charge in [0.15, 0.2) is 0 Å². The minimum atomic E-state index is -1.02. The zero-order chi connectivity index (χ0) is 20.2. The average molecular weight is 393 g/mol. The van der Waals surface area contributed by atoms with E-state index in [9.17, 15) is 14.6 Å². The lowest BCUT2D eigenvalue weighted by Gasteiger charge is -2.33. The van der Waals surface area contributed by atoms with Gasteiger partial charge in [0.1, 0.15) is 24.3 Å². The van der Waals surface area contributed by atoms with Crippen LogP contribution in [-0.2, 0) is 13.0 Å². The average Bonchev–Trinajstić information content (AvgIpc) is 3.16. The molecule has 0 amide bonds. The Balaban J connectivity index is 1.56. The first-order chi connectivity index (χ1) is 14.2. The van der Waals surface area contributed by atoms with Crippen LogP contribution >= 0.6 is 0 Å². The third-order valence-electron chi connectivity index (χ3n) is 5.31. The molecule has 3 aromatic carbocycles. The summed E-state index contributed by atoms with van der Waals surface area (Å²) in [6, 6.07) is 21.6. The van der Waals surface area contributed by atoms with Crippen LogP contribution in [0, 0.1) is 5.82 Å². The zero-order valence-electron chi connectivity index (χ0n) is 16.0. The molecular formula is C24H24FNO3. The van der Waals surface area contributed by atoms with Gasteiger partial charge in [-0.3, -0.25) is 0 Å². The van der Waals surface area contributed by atoms with Crippen molar-refractivity contribution in [3.05, 3.63) is 95.3 Å². The quantitative estimate of drug-likeness (QED) is 0.640. The number of halogens is 1. The fourth-order valence-electron chi connectivity index (χ4n) is 3.92. The lowest BCUT2D eigenvalue weighted by atomic mass is 9.99. The maximum atomic E-state index is 13.8. The summed E-state index contributed by atoms with van der Waals surface area (Å²) in [5.41, 5.74) is 3.83. The molecular weight excluding hydrogens is 369 g/mol. The van der Waals surface area contributed by atoms with Gasteiger partial charge in [-0.15, -0.1) is 0 Å². The van der Waals surface area contributed by atoms with Crippen molar-refractivity contribution in [1.82, 2.24) is 0 Å². The lowest BCUT2D eigenvalue weighted by molar-refractivity contribution is 0.0716. The molecule has 0 spiro atoms. The molecule has 1 heterocycles. The van der Waals surface area contributed by atoms with Crippen LogP contribution in [0.2, 0.25) is 0 Å². The van der Waals surface area contributed by atoms with E-state index in [1.165, 1.54) is 12.1 Å². The largest absolute Gasteiger partial charge is 0.489 e. The Labute approximate surface area is 169 Å². The van der Waals surface area contributed by atoms with E-state index in [2.05, 4.69) is 0 Å². The van der Waals surface area contributed by atoms with Gasteiger partial charge >= 0.3 is 0 Å². The molecule has 0 radical (unpaired) electrons. The molecule has 1 aliphatic heterocycles. The minimum Gasteiger partial charge on any atom is -0.489 e. The van der Waals surface area contributed by atoms with Gasteiger partial charge in [-0.05, 0) is 53.4 Å². The van der Waals surface area contributed by atoms with Crippen LogP contribution in [0.25, 0.3) is 0 Å². The van der Waals surface area contributed by atoms with Crippen molar-refractivity contribution in [3.8, 4) is 5.75 Å². The summed E-state index contributed by atoms with van der Waals surface area (Å²) in [4.78, 5) is 2.03. The second-order valence-electron chi connectivity index (χ2n) is 7.26. The summed E-state index contributed by atoms with van der Waals surface area (Å²) < 4.78 is 19.7. The van der Waals surface area contributed by atoms with E-state index in [1.54, 1.807) is 12.1 Å². The molecule has 29 heavy (non-hydrogen) atoms. The molecule has 3 aromatic rings. The topological polar surface area (TPSA) is 52.9 Å². The molecule has 0 saturated carbocycles. The normalized spacial score (nSPS) is 15.1. The first-order valence-electron chi connectivity index (χ1n) is 9.76. The van der Waals surface area contributed by atoms with E-state index in [1.807, 2.05) is 53.4 Å². The minimum absolute atomic E-state index is 0.360. The SMILES string of the molecule is OC[C@@H](O)[C@H](c1cccc(F)c1)N1CCc2cc(OCc3ccccc3)ccc21. The fourth-order valence-corrected chi connectivity index (χ4v) is 3.92. The summed E-state index contributed by atoms with van der Waals surface area (Å²) in [5, 5.41) is 20.1. The van der Waals surface area contributed by atoms with Crippen molar-refractivity contribution in [2.45, 2.75) is 25.2 Å². The van der Waals surface area contributed by atoms with Crippen molar-refractivity contribution < 1.29 is 19.3 Å². The Morgan fingerprint density at radius 3 is 2.59 bits per heavy atom. The van der Waals surface area contributed by atoms with Crippen LogP contribution in [0.3, 0.4) is 0 Å². The highest BCUT2D eigenvalue weighted by molar-refractivity contribution is 5.62. The fraction of sp³-hybridized carbons (Fsp3) is 0.250. The molecule has 0 aromatic heterocycles. The molecule has 0 unspecified atom stereocenters. The molecule has 5 heteroatoms. The Morgan fingerprint density at radius 2 is 1.83 bits per heavy atom. The van der Waals surface area contributed by atoms with Gasteiger partial charge < -0.3 is 19.8 Å². The summed E-state index contributed by atoms with van der Waals surface area (Å²) in [7, 11) is 0. The monoisotopic (exact) mass is 393 g/mol. The number of anilines is 1. The Morgan fingerprint density at radius 1 is 1.00 bits per heavy atom. The number of benzene rings is 3. The maximum Gasteiger partial charge on any atom is 0.123 e. The van der Waals surface area contributed by atoms with Crippen molar-refractivity contribution in [2.24, 2.45) is 0 Å². The number of aliphatic hydroxyl groups excluding tert-OH is 2. The predicted molar refractivity (Wildman–Crippen MR) is 110 cm³/mol. The third-order valence-corrected chi connectivity index (χ3v) is 5.31. The van der Waals surface area contributed by atoms with Crippen LogP contribution in [-0.4, -0.2) is 29.5 Å². The smallest absolute Gasteiger partial charge is 0.123 e. The highest BCUT2D eigenvalue weighted by Crippen LogP contribution is 2.38. The van der Waals surface area contributed by atoms with Crippen LogP contribution in [0.4, 0.5) is 10.1 Å². The van der Waals surface area contributed by atoms with E-state index in [4.69, 9.17) is 4.74 Å². The van der Waals surface area contributed by atoms with Gasteiger partial charge in [0, 0.05) is 12.2 Å². The standard InChI is InChI=1S/C24H24FNO3/c25-20-8-4-7-19(13-20)24(23(28)15-27)26-12-11-18-14-21(9-10-22(18)26)29-16-17-5-2-1-3-6-17/h1-10,13-14,23-24,27-28H,11-12,15-16H2/t23-,24+/m1/s1.